The lowest BCUT2D eigenvalue weighted by atomic mass is 9.83. The van der Waals surface area contributed by atoms with E-state index in [-0.39, 0.29) is 5.41 Å². The van der Waals surface area contributed by atoms with E-state index in [1.165, 1.54) is 16.7 Å². The van der Waals surface area contributed by atoms with Crippen LogP contribution in [0.5, 0.6) is 5.75 Å². The molecule has 1 aromatic carbocycles. The molecule has 0 aliphatic rings. The lowest BCUT2D eigenvalue weighted by Crippen LogP contribution is -2.14. The second kappa shape index (κ2) is 5.88. The fourth-order valence-electron chi connectivity index (χ4n) is 2.60. The topological polar surface area (TPSA) is 39.9 Å². The molecule has 0 amide bonds. The Labute approximate surface area is 127 Å². The Morgan fingerprint density at radius 3 is 2.43 bits per heavy atom. The van der Waals surface area contributed by atoms with Gasteiger partial charge in [-0.2, -0.15) is 0 Å². The molecule has 0 N–H and O–H groups in total. The molecule has 114 valence electrons. The fraction of sp³-hybridized carbons (Fsp3) is 0.529. The molecule has 4 heteroatoms. The number of rotatable bonds is 4. The minimum Gasteiger partial charge on any atom is -0.496 e. The van der Waals surface area contributed by atoms with E-state index in [0.29, 0.717) is 0 Å². The third-order valence-corrected chi connectivity index (χ3v) is 3.62. The summed E-state index contributed by atoms with van der Waals surface area (Å²) in [6, 6.07) is 4.44. The van der Waals surface area contributed by atoms with Crippen molar-refractivity contribution in [1.82, 2.24) is 15.0 Å². The van der Waals surface area contributed by atoms with Crippen molar-refractivity contribution in [3.05, 3.63) is 40.7 Å². The molecule has 0 saturated heterocycles. The first kappa shape index (κ1) is 15.5. The van der Waals surface area contributed by atoms with Crippen LogP contribution in [0.1, 0.15) is 43.2 Å². The third kappa shape index (κ3) is 3.63. The lowest BCUT2D eigenvalue weighted by Gasteiger charge is -2.25. The molecule has 4 nitrogen and oxygen atoms in total. The number of hydrogen-bond acceptors (Lipinski definition) is 3. The van der Waals surface area contributed by atoms with E-state index in [4.69, 9.17) is 4.74 Å². The van der Waals surface area contributed by atoms with Gasteiger partial charge in [0.15, 0.2) is 0 Å². The van der Waals surface area contributed by atoms with E-state index in [2.05, 4.69) is 50.1 Å². The average molecular weight is 287 g/mol. The molecule has 0 radical (unpaired) electrons. The van der Waals surface area contributed by atoms with Crippen LogP contribution in [0.15, 0.2) is 18.3 Å². The maximum absolute atomic E-state index is 5.71. The highest BCUT2D eigenvalue weighted by atomic mass is 16.5. The molecule has 1 heterocycles. The monoisotopic (exact) mass is 287 g/mol. The molecule has 0 spiro atoms. The Balaban J connectivity index is 2.32. The molecule has 21 heavy (non-hydrogen) atoms. The molecule has 0 atom stereocenters. The number of benzene rings is 1. The highest BCUT2D eigenvalue weighted by Crippen LogP contribution is 2.35. The lowest BCUT2D eigenvalue weighted by molar-refractivity contribution is 0.392. The van der Waals surface area contributed by atoms with Crippen LogP contribution in [0.25, 0.3) is 0 Å². The minimum atomic E-state index is 0.0681. The predicted molar refractivity (Wildman–Crippen MR) is 84.8 cm³/mol. The van der Waals surface area contributed by atoms with Crippen LogP contribution in [0.4, 0.5) is 0 Å². The number of aryl methyl sites for hydroxylation is 4. The van der Waals surface area contributed by atoms with E-state index in [1.54, 1.807) is 11.8 Å². The summed E-state index contributed by atoms with van der Waals surface area (Å²) in [5.41, 5.74) is 4.86. The van der Waals surface area contributed by atoms with Crippen LogP contribution in [0, 0.1) is 6.92 Å². The standard InChI is InChI=1S/C17H25N3O/c1-12-9-13(7-8-14-11-20(5)19-18-14)16(21-6)15(10-12)17(2,3)4/h9-11H,7-8H2,1-6H3. The van der Waals surface area contributed by atoms with Crippen LogP contribution >= 0.6 is 0 Å². The van der Waals surface area contributed by atoms with Crippen molar-refractivity contribution in [3.8, 4) is 5.75 Å². The summed E-state index contributed by atoms with van der Waals surface area (Å²) in [5, 5.41) is 8.13. The van der Waals surface area contributed by atoms with Gasteiger partial charge in [-0.15, -0.1) is 5.10 Å². The Morgan fingerprint density at radius 2 is 1.90 bits per heavy atom. The van der Waals surface area contributed by atoms with Crippen LogP contribution in [-0.2, 0) is 25.3 Å². The Morgan fingerprint density at radius 1 is 1.19 bits per heavy atom. The van der Waals surface area contributed by atoms with E-state index >= 15 is 0 Å². The summed E-state index contributed by atoms with van der Waals surface area (Å²) in [6.45, 7) is 8.80. The quantitative estimate of drug-likeness (QED) is 0.867. The Bertz CT molecular complexity index is 623. The van der Waals surface area contributed by atoms with Crippen molar-refractivity contribution in [1.29, 1.82) is 0 Å². The summed E-state index contributed by atoms with van der Waals surface area (Å²) in [5.74, 6) is 1.01. The van der Waals surface area contributed by atoms with Crippen molar-refractivity contribution >= 4 is 0 Å². The van der Waals surface area contributed by atoms with Crippen molar-refractivity contribution in [2.24, 2.45) is 7.05 Å². The highest BCUT2D eigenvalue weighted by molar-refractivity contribution is 5.48. The van der Waals surface area contributed by atoms with E-state index in [9.17, 15) is 0 Å². The Hall–Kier alpha value is -1.84. The van der Waals surface area contributed by atoms with Gasteiger partial charge >= 0.3 is 0 Å². The van der Waals surface area contributed by atoms with Crippen LogP contribution in [-0.4, -0.2) is 22.1 Å². The SMILES string of the molecule is COc1c(CCc2cn(C)nn2)cc(C)cc1C(C)(C)C. The van der Waals surface area contributed by atoms with Crippen LogP contribution in [0.2, 0.25) is 0 Å². The van der Waals surface area contributed by atoms with Gasteiger partial charge in [-0.25, -0.2) is 0 Å². The number of aromatic nitrogens is 3. The number of ether oxygens (including phenoxy) is 1. The minimum absolute atomic E-state index is 0.0681. The molecule has 2 aromatic rings. The molecule has 0 unspecified atom stereocenters. The fourth-order valence-corrected chi connectivity index (χ4v) is 2.60. The molecule has 2 rings (SSSR count). The molecule has 0 fully saturated rings. The average Bonchev–Trinajstić information content (AvgIpc) is 2.80. The maximum Gasteiger partial charge on any atom is 0.125 e. The second-order valence-corrected chi connectivity index (χ2v) is 6.64. The molecular formula is C17H25N3O. The molecule has 0 aliphatic heterocycles. The van der Waals surface area contributed by atoms with Crippen LogP contribution < -0.4 is 4.74 Å². The first-order valence-corrected chi connectivity index (χ1v) is 7.34. The zero-order valence-corrected chi connectivity index (χ0v) is 13.9. The van der Waals surface area contributed by atoms with Crippen molar-refractivity contribution < 1.29 is 4.74 Å². The molecule has 0 saturated carbocycles. The molecular weight excluding hydrogens is 262 g/mol. The predicted octanol–water partition coefficient (Wildman–Crippen LogP) is 3.21. The van der Waals surface area contributed by atoms with Crippen molar-refractivity contribution in [3.63, 3.8) is 0 Å². The van der Waals surface area contributed by atoms with Crippen molar-refractivity contribution in [2.45, 2.75) is 46.0 Å². The smallest absolute Gasteiger partial charge is 0.125 e. The largest absolute Gasteiger partial charge is 0.496 e. The maximum atomic E-state index is 5.71. The van der Waals surface area contributed by atoms with Gasteiger partial charge in [-0.3, -0.25) is 4.68 Å². The van der Waals surface area contributed by atoms with Gasteiger partial charge in [0.2, 0.25) is 0 Å². The van der Waals surface area contributed by atoms with Gasteiger partial charge in [0, 0.05) is 18.8 Å². The van der Waals surface area contributed by atoms with Gasteiger partial charge in [-0.1, -0.05) is 43.7 Å². The molecule has 0 aliphatic carbocycles. The summed E-state index contributed by atoms with van der Waals surface area (Å²) in [6.07, 6.45) is 3.75. The molecule has 1 aromatic heterocycles. The van der Waals surface area contributed by atoms with Gasteiger partial charge in [0.25, 0.3) is 0 Å². The zero-order chi connectivity index (χ0) is 15.6. The van der Waals surface area contributed by atoms with E-state index in [1.807, 2.05) is 13.2 Å². The highest BCUT2D eigenvalue weighted by Gasteiger charge is 2.21. The summed E-state index contributed by atoms with van der Waals surface area (Å²) >= 11 is 0. The van der Waals surface area contributed by atoms with Gasteiger partial charge < -0.3 is 4.74 Å². The van der Waals surface area contributed by atoms with Gasteiger partial charge in [0.1, 0.15) is 5.75 Å². The first-order chi connectivity index (χ1) is 9.81. The van der Waals surface area contributed by atoms with E-state index < -0.39 is 0 Å². The van der Waals surface area contributed by atoms with Gasteiger partial charge in [0.05, 0.1) is 12.8 Å². The summed E-state index contributed by atoms with van der Waals surface area (Å²) in [7, 11) is 3.65. The van der Waals surface area contributed by atoms with Gasteiger partial charge in [-0.05, 0) is 30.7 Å². The summed E-state index contributed by atoms with van der Waals surface area (Å²) < 4.78 is 7.45. The van der Waals surface area contributed by atoms with Crippen molar-refractivity contribution in [2.75, 3.05) is 7.11 Å². The van der Waals surface area contributed by atoms with E-state index in [0.717, 1.165) is 24.3 Å². The second-order valence-electron chi connectivity index (χ2n) is 6.64. The van der Waals surface area contributed by atoms with Crippen LogP contribution in [0.3, 0.4) is 0 Å². The number of methoxy groups -OCH3 is 1. The summed E-state index contributed by atoms with van der Waals surface area (Å²) in [4.78, 5) is 0. The first-order valence-electron chi connectivity index (χ1n) is 7.34. The number of hydrogen-bond donors (Lipinski definition) is 0. The number of nitrogens with zero attached hydrogens (tertiary/aromatic N) is 3. The zero-order valence-electron chi connectivity index (χ0n) is 13.9. The third-order valence-electron chi connectivity index (χ3n) is 3.62. The Kier molecular flexibility index (Phi) is 4.35. The molecule has 0 bridgehead atoms. The normalized spacial score (nSPS) is 11.7.